The van der Waals surface area contributed by atoms with Gasteiger partial charge in [-0.15, -0.1) is 0 Å². The van der Waals surface area contributed by atoms with Crippen LogP contribution in [-0.2, 0) is 14.3 Å². The van der Waals surface area contributed by atoms with Crippen molar-refractivity contribution in [2.45, 2.75) is 40.2 Å². The summed E-state index contributed by atoms with van der Waals surface area (Å²) in [5, 5.41) is 7.59. The molecule has 0 aromatic heterocycles. The van der Waals surface area contributed by atoms with Crippen molar-refractivity contribution in [2.24, 2.45) is 5.92 Å². The average molecular weight is 287 g/mol. The molecule has 20 heavy (non-hydrogen) atoms. The summed E-state index contributed by atoms with van der Waals surface area (Å²) in [5.41, 5.74) is -0.596. The predicted octanol–water partition coefficient (Wildman–Crippen LogP) is 0.399. The van der Waals surface area contributed by atoms with E-state index < -0.39 is 11.7 Å². The number of nitrogens with one attached hydrogen (secondary N) is 3. The highest BCUT2D eigenvalue weighted by Crippen LogP contribution is 2.05. The summed E-state index contributed by atoms with van der Waals surface area (Å²) in [6.07, 6.45) is -0.638. The van der Waals surface area contributed by atoms with Crippen LogP contribution in [0.4, 0.5) is 4.79 Å². The fourth-order valence-corrected chi connectivity index (χ4v) is 1.12. The van der Waals surface area contributed by atoms with Gasteiger partial charge in [0.1, 0.15) is 5.60 Å². The van der Waals surface area contributed by atoms with Gasteiger partial charge in [-0.05, 0) is 20.8 Å². The molecule has 0 aromatic rings. The topological polar surface area (TPSA) is 96.5 Å². The first-order valence-electron chi connectivity index (χ1n) is 6.63. The Balaban J connectivity index is 3.70. The van der Waals surface area contributed by atoms with E-state index in [0.29, 0.717) is 13.1 Å². The average Bonchev–Trinajstić information content (AvgIpc) is 2.29. The van der Waals surface area contributed by atoms with Crippen molar-refractivity contribution in [3.63, 3.8) is 0 Å². The Hall–Kier alpha value is -1.79. The Kier molecular flexibility index (Phi) is 7.64. The maximum Gasteiger partial charge on any atom is 0.408 e. The van der Waals surface area contributed by atoms with E-state index in [0.717, 1.165) is 0 Å². The van der Waals surface area contributed by atoms with E-state index >= 15 is 0 Å². The van der Waals surface area contributed by atoms with Crippen LogP contribution < -0.4 is 16.0 Å². The zero-order valence-electron chi connectivity index (χ0n) is 12.8. The molecular formula is C13H25N3O4. The SMILES string of the molecule is CC(C)C(=O)NCCNC(=O)CNC(=O)OC(C)(C)C. The van der Waals surface area contributed by atoms with Gasteiger partial charge in [-0.1, -0.05) is 13.8 Å². The van der Waals surface area contributed by atoms with Crippen LogP contribution in [0.25, 0.3) is 0 Å². The van der Waals surface area contributed by atoms with Crippen LogP contribution in [-0.4, -0.2) is 43.1 Å². The summed E-state index contributed by atoms with van der Waals surface area (Å²) in [6, 6.07) is 0. The normalized spacial score (nSPS) is 10.9. The largest absolute Gasteiger partial charge is 0.444 e. The summed E-state index contributed by atoms with van der Waals surface area (Å²) in [4.78, 5) is 33.9. The quantitative estimate of drug-likeness (QED) is 0.616. The zero-order valence-corrected chi connectivity index (χ0v) is 12.8. The Morgan fingerprint density at radius 2 is 1.55 bits per heavy atom. The Morgan fingerprint density at radius 3 is 2.05 bits per heavy atom. The number of rotatable bonds is 6. The lowest BCUT2D eigenvalue weighted by molar-refractivity contribution is -0.124. The Bertz CT molecular complexity index is 348. The number of carbonyl (C=O) groups is 3. The molecule has 0 unspecified atom stereocenters. The minimum Gasteiger partial charge on any atom is -0.444 e. The molecule has 0 bridgehead atoms. The third-order valence-corrected chi connectivity index (χ3v) is 2.06. The second-order valence-corrected chi connectivity index (χ2v) is 5.65. The van der Waals surface area contributed by atoms with Gasteiger partial charge in [-0.3, -0.25) is 9.59 Å². The van der Waals surface area contributed by atoms with Crippen molar-refractivity contribution in [1.29, 1.82) is 0 Å². The van der Waals surface area contributed by atoms with Crippen LogP contribution >= 0.6 is 0 Å². The van der Waals surface area contributed by atoms with E-state index in [2.05, 4.69) is 16.0 Å². The summed E-state index contributed by atoms with van der Waals surface area (Å²) >= 11 is 0. The molecule has 0 rings (SSSR count). The van der Waals surface area contributed by atoms with Crippen molar-refractivity contribution < 1.29 is 19.1 Å². The first-order chi connectivity index (χ1) is 9.11. The molecule has 0 aliphatic rings. The molecule has 0 aliphatic carbocycles. The molecule has 0 aromatic carbocycles. The van der Waals surface area contributed by atoms with Crippen molar-refractivity contribution in [2.75, 3.05) is 19.6 Å². The molecule has 7 heteroatoms. The summed E-state index contributed by atoms with van der Waals surface area (Å²) in [5.74, 6) is -0.486. The first-order valence-corrected chi connectivity index (χ1v) is 6.63. The molecule has 0 spiro atoms. The maximum absolute atomic E-state index is 11.4. The fourth-order valence-electron chi connectivity index (χ4n) is 1.12. The van der Waals surface area contributed by atoms with Crippen LogP contribution in [0.3, 0.4) is 0 Å². The molecule has 0 atom stereocenters. The van der Waals surface area contributed by atoms with E-state index in [-0.39, 0.29) is 24.3 Å². The Labute approximate surface area is 119 Å². The number of hydrogen-bond donors (Lipinski definition) is 3. The number of carbonyl (C=O) groups excluding carboxylic acids is 3. The van der Waals surface area contributed by atoms with Gasteiger partial charge in [0.05, 0.1) is 6.54 Å². The van der Waals surface area contributed by atoms with Crippen molar-refractivity contribution >= 4 is 17.9 Å². The van der Waals surface area contributed by atoms with Gasteiger partial charge >= 0.3 is 6.09 Å². The standard InChI is InChI=1S/C13H25N3O4/c1-9(2)11(18)15-7-6-14-10(17)8-16-12(19)20-13(3,4)5/h9H,6-8H2,1-5H3,(H,14,17)(H,15,18)(H,16,19). The lowest BCUT2D eigenvalue weighted by Crippen LogP contribution is -2.42. The second kappa shape index (κ2) is 8.39. The molecule has 116 valence electrons. The highest BCUT2D eigenvalue weighted by atomic mass is 16.6. The summed E-state index contributed by atoms with van der Waals surface area (Å²) in [7, 11) is 0. The van der Waals surface area contributed by atoms with Gasteiger partial charge in [0.2, 0.25) is 11.8 Å². The molecule has 0 heterocycles. The van der Waals surface area contributed by atoms with Crippen LogP contribution in [0.5, 0.6) is 0 Å². The highest BCUT2D eigenvalue weighted by molar-refractivity contribution is 5.82. The molecule has 7 nitrogen and oxygen atoms in total. The van der Waals surface area contributed by atoms with Gasteiger partial charge in [-0.25, -0.2) is 4.79 Å². The van der Waals surface area contributed by atoms with E-state index in [1.54, 1.807) is 34.6 Å². The van der Waals surface area contributed by atoms with Crippen LogP contribution in [0.15, 0.2) is 0 Å². The van der Waals surface area contributed by atoms with Gasteiger partial charge in [0.15, 0.2) is 0 Å². The molecule has 0 saturated heterocycles. The van der Waals surface area contributed by atoms with Crippen LogP contribution in [0.1, 0.15) is 34.6 Å². The van der Waals surface area contributed by atoms with E-state index in [1.807, 2.05) is 0 Å². The number of ether oxygens (including phenoxy) is 1. The van der Waals surface area contributed by atoms with Gasteiger partial charge in [0, 0.05) is 19.0 Å². The molecule has 0 radical (unpaired) electrons. The Morgan fingerprint density at radius 1 is 1.00 bits per heavy atom. The number of hydrogen-bond acceptors (Lipinski definition) is 4. The van der Waals surface area contributed by atoms with Crippen molar-refractivity contribution in [1.82, 2.24) is 16.0 Å². The smallest absolute Gasteiger partial charge is 0.408 e. The lowest BCUT2D eigenvalue weighted by Gasteiger charge is -2.19. The number of alkyl carbamates (subject to hydrolysis) is 1. The summed E-state index contributed by atoms with van der Waals surface area (Å²) < 4.78 is 4.98. The molecule has 0 fully saturated rings. The van der Waals surface area contributed by atoms with E-state index in [9.17, 15) is 14.4 Å². The third kappa shape index (κ3) is 10.2. The predicted molar refractivity (Wildman–Crippen MR) is 75.1 cm³/mol. The molecule has 0 saturated carbocycles. The second-order valence-electron chi connectivity index (χ2n) is 5.65. The summed E-state index contributed by atoms with van der Waals surface area (Å²) in [6.45, 7) is 9.31. The fraction of sp³-hybridized carbons (Fsp3) is 0.769. The maximum atomic E-state index is 11.4. The third-order valence-electron chi connectivity index (χ3n) is 2.06. The van der Waals surface area contributed by atoms with Crippen molar-refractivity contribution in [3.05, 3.63) is 0 Å². The zero-order chi connectivity index (χ0) is 15.8. The molecule has 3 N–H and O–H groups in total. The van der Waals surface area contributed by atoms with Gasteiger partial charge < -0.3 is 20.7 Å². The highest BCUT2D eigenvalue weighted by Gasteiger charge is 2.16. The molecule has 0 aliphatic heterocycles. The minimum atomic E-state index is -0.638. The molecular weight excluding hydrogens is 262 g/mol. The monoisotopic (exact) mass is 287 g/mol. The lowest BCUT2D eigenvalue weighted by atomic mass is 10.2. The van der Waals surface area contributed by atoms with Crippen LogP contribution in [0.2, 0.25) is 0 Å². The van der Waals surface area contributed by atoms with Gasteiger partial charge in [0.25, 0.3) is 0 Å². The van der Waals surface area contributed by atoms with Crippen molar-refractivity contribution in [3.8, 4) is 0 Å². The van der Waals surface area contributed by atoms with Crippen LogP contribution in [0, 0.1) is 5.92 Å². The van der Waals surface area contributed by atoms with E-state index in [1.165, 1.54) is 0 Å². The van der Waals surface area contributed by atoms with E-state index in [4.69, 9.17) is 4.74 Å². The minimum absolute atomic E-state index is 0.0638. The number of amides is 3. The first kappa shape index (κ1) is 18.2. The van der Waals surface area contributed by atoms with Gasteiger partial charge in [-0.2, -0.15) is 0 Å². The molecule has 3 amide bonds.